The van der Waals surface area contributed by atoms with E-state index in [-0.39, 0.29) is 18.2 Å². The number of piperidine rings is 1. The SMILES string of the molecule is Cn1c(C(=O)N2CCCC(CCC(=O)O)C2)cc2cc(Br)cnc21. The van der Waals surface area contributed by atoms with Gasteiger partial charge in [-0.25, -0.2) is 4.98 Å². The molecule has 6 nitrogen and oxygen atoms in total. The van der Waals surface area contributed by atoms with Crippen molar-refractivity contribution in [2.75, 3.05) is 13.1 Å². The van der Waals surface area contributed by atoms with Crippen molar-refractivity contribution in [2.24, 2.45) is 13.0 Å². The number of likely N-dealkylation sites (tertiary alicyclic amines) is 1. The number of carboxylic acids is 1. The van der Waals surface area contributed by atoms with E-state index >= 15 is 0 Å². The molecule has 24 heavy (non-hydrogen) atoms. The molecule has 0 aliphatic carbocycles. The zero-order valence-corrected chi connectivity index (χ0v) is 15.1. The lowest BCUT2D eigenvalue weighted by molar-refractivity contribution is -0.137. The molecule has 3 heterocycles. The van der Waals surface area contributed by atoms with Crippen molar-refractivity contribution in [1.82, 2.24) is 14.5 Å². The molecular formula is C17H20BrN3O3. The maximum Gasteiger partial charge on any atom is 0.303 e. The summed E-state index contributed by atoms with van der Waals surface area (Å²) in [7, 11) is 1.85. The van der Waals surface area contributed by atoms with Crippen LogP contribution in [0.2, 0.25) is 0 Å². The first-order valence-electron chi connectivity index (χ1n) is 8.07. The Hall–Kier alpha value is -1.89. The van der Waals surface area contributed by atoms with Crippen LogP contribution in [-0.2, 0) is 11.8 Å². The molecule has 128 valence electrons. The van der Waals surface area contributed by atoms with Gasteiger partial charge in [0, 0.05) is 42.6 Å². The quantitative estimate of drug-likeness (QED) is 0.865. The number of hydrogen-bond donors (Lipinski definition) is 1. The predicted molar refractivity (Wildman–Crippen MR) is 93.9 cm³/mol. The minimum Gasteiger partial charge on any atom is -0.481 e. The summed E-state index contributed by atoms with van der Waals surface area (Å²) in [6.45, 7) is 1.35. The zero-order valence-electron chi connectivity index (χ0n) is 13.5. The molecule has 3 rings (SSSR count). The molecule has 1 N–H and O–H groups in total. The van der Waals surface area contributed by atoms with E-state index in [1.807, 2.05) is 28.6 Å². The Kier molecular flexibility index (Phi) is 4.89. The number of amides is 1. The van der Waals surface area contributed by atoms with Crippen molar-refractivity contribution >= 4 is 38.8 Å². The van der Waals surface area contributed by atoms with E-state index in [2.05, 4.69) is 20.9 Å². The summed E-state index contributed by atoms with van der Waals surface area (Å²) in [6, 6.07) is 3.82. The van der Waals surface area contributed by atoms with Gasteiger partial charge in [0.2, 0.25) is 0 Å². The minimum atomic E-state index is -0.774. The van der Waals surface area contributed by atoms with Crippen LogP contribution < -0.4 is 0 Å². The van der Waals surface area contributed by atoms with Gasteiger partial charge < -0.3 is 14.6 Å². The molecule has 0 radical (unpaired) electrons. The normalized spacial score (nSPS) is 18.1. The second-order valence-corrected chi connectivity index (χ2v) is 7.26. The first-order chi connectivity index (χ1) is 11.5. The highest BCUT2D eigenvalue weighted by atomic mass is 79.9. The molecule has 2 aromatic heterocycles. The van der Waals surface area contributed by atoms with Gasteiger partial charge >= 0.3 is 5.97 Å². The van der Waals surface area contributed by atoms with Gasteiger partial charge in [-0.15, -0.1) is 0 Å². The van der Waals surface area contributed by atoms with Gasteiger partial charge in [-0.3, -0.25) is 9.59 Å². The largest absolute Gasteiger partial charge is 0.481 e. The number of fused-ring (bicyclic) bond motifs is 1. The first-order valence-corrected chi connectivity index (χ1v) is 8.87. The highest BCUT2D eigenvalue weighted by molar-refractivity contribution is 9.10. The highest BCUT2D eigenvalue weighted by Gasteiger charge is 2.26. The second kappa shape index (κ2) is 6.93. The molecule has 0 spiro atoms. The molecular weight excluding hydrogens is 374 g/mol. The van der Waals surface area contributed by atoms with Crippen LogP contribution in [0.1, 0.15) is 36.2 Å². The molecule has 0 bridgehead atoms. The van der Waals surface area contributed by atoms with E-state index < -0.39 is 5.97 Å². The van der Waals surface area contributed by atoms with E-state index in [1.54, 1.807) is 6.20 Å². The van der Waals surface area contributed by atoms with Crippen LogP contribution >= 0.6 is 15.9 Å². The van der Waals surface area contributed by atoms with Crippen LogP contribution in [0, 0.1) is 5.92 Å². The monoisotopic (exact) mass is 393 g/mol. The van der Waals surface area contributed by atoms with Gasteiger partial charge in [0.25, 0.3) is 5.91 Å². The minimum absolute atomic E-state index is 0.00773. The van der Waals surface area contributed by atoms with Crippen LogP contribution in [-0.4, -0.2) is 44.5 Å². The van der Waals surface area contributed by atoms with Crippen molar-refractivity contribution in [3.8, 4) is 0 Å². The molecule has 1 saturated heterocycles. The number of aryl methyl sites for hydroxylation is 1. The summed E-state index contributed by atoms with van der Waals surface area (Å²) >= 11 is 3.40. The van der Waals surface area contributed by atoms with Crippen LogP contribution in [0.4, 0.5) is 0 Å². The Morgan fingerprint density at radius 2 is 2.21 bits per heavy atom. The average molecular weight is 394 g/mol. The highest BCUT2D eigenvalue weighted by Crippen LogP contribution is 2.25. The molecule has 2 aromatic rings. The predicted octanol–water partition coefficient (Wildman–Crippen LogP) is 3.05. The maximum absolute atomic E-state index is 12.9. The number of carboxylic acid groups (broad SMARTS) is 1. The number of hydrogen-bond acceptors (Lipinski definition) is 3. The lowest BCUT2D eigenvalue weighted by Gasteiger charge is -2.32. The molecule has 0 saturated carbocycles. The smallest absolute Gasteiger partial charge is 0.303 e. The van der Waals surface area contributed by atoms with E-state index in [9.17, 15) is 9.59 Å². The fraction of sp³-hybridized carbons (Fsp3) is 0.471. The van der Waals surface area contributed by atoms with Crippen molar-refractivity contribution in [3.63, 3.8) is 0 Å². The van der Waals surface area contributed by atoms with Crippen LogP contribution in [0.3, 0.4) is 0 Å². The second-order valence-electron chi connectivity index (χ2n) is 6.35. The Balaban J connectivity index is 1.78. The van der Waals surface area contributed by atoms with Crippen molar-refractivity contribution in [3.05, 3.63) is 28.5 Å². The molecule has 1 aliphatic rings. The lowest BCUT2D eigenvalue weighted by Crippen LogP contribution is -2.40. The van der Waals surface area contributed by atoms with Gasteiger partial charge in [0.1, 0.15) is 11.3 Å². The van der Waals surface area contributed by atoms with Gasteiger partial charge in [0.15, 0.2) is 0 Å². The number of pyridine rings is 1. The number of rotatable bonds is 4. The molecule has 1 unspecified atom stereocenters. The summed E-state index contributed by atoms with van der Waals surface area (Å²) in [4.78, 5) is 29.9. The number of halogens is 1. The van der Waals surface area contributed by atoms with Gasteiger partial charge in [-0.2, -0.15) is 0 Å². The number of nitrogens with zero attached hydrogens (tertiary/aromatic N) is 3. The Morgan fingerprint density at radius 3 is 2.96 bits per heavy atom. The molecule has 1 amide bonds. The van der Waals surface area contributed by atoms with Crippen molar-refractivity contribution in [2.45, 2.75) is 25.7 Å². The third-order valence-corrected chi connectivity index (χ3v) is 5.06. The Bertz CT molecular complexity index is 787. The Morgan fingerprint density at radius 1 is 1.42 bits per heavy atom. The van der Waals surface area contributed by atoms with E-state index in [0.29, 0.717) is 18.7 Å². The van der Waals surface area contributed by atoms with Gasteiger partial charge in [0.05, 0.1) is 0 Å². The van der Waals surface area contributed by atoms with Crippen molar-refractivity contribution in [1.29, 1.82) is 0 Å². The van der Waals surface area contributed by atoms with Crippen LogP contribution in [0.15, 0.2) is 22.8 Å². The van der Waals surface area contributed by atoms with Crippen LogP contribution in [0.25, 0.3) is 11.0 Å². The summed E-state index contributed by atoms with van der Waals surface area (Å²) in [5, 5.41) is 9.77. The molecule has 0 aromatic carbocycles. The fourth-order valence-electron chi connectivity index (χ4n) is 3.37. The van der Waals surface area contributed by atoms with E-state index in [1.165, 1.54) is 0 Å². The van der Waals surface area contributed by atoms with E-state index in [0.717, 1.165) is 34.9 Å². The third kappa shape index (κ3) is 3.45. The Labute approximate surface area is 148 Å². The summed E-state index contributed by atoms with van der Waals surface area (Å²) in [5.41, 5.74) is 1.40. The summed E-state index contributed by atoms with van der Waals surface area (Å²) in [6.07, 6.45) is 4.42. The number of aliphatic carboxylic acids is 1. The van der Waals surface area contributed by atoms with Crippen LogP contribution in [0.5, 0.6) is 0 Å². The molecule has 1 atom stereocenters. The molecule has 1 aliphatic heterocycles. The number of carbonyl (C=O) groups is 2. The third-order valence-electron chi connectivity index (χ3n) is 4.62. The van der Waals surface area contributed by atoms with E-state index in [4.69, 9.17) is 5.11 Å². The molecule has 7 heteroatoms. The first kappa shape index (κ1) is 17.0. The zero-order chi connectivity index (χ0) is 17.3. The lowest BCUT2D eigenvalue weighted by atomic mass is 9.93. The topological polar surface area (TPSA) is 75.4 Å². The van der Waals surface area contributed by atoms with Crippen molar-refractivity contribution < 1.29 is 14.7 Å². The summed E-state index contributed by atoms with van der Waals surface area (Å²) in [5.74, 6) is -0.517. The molecule has 1 fully saturated rings. The average Bonchev–Trinajstić information content (AvgIpc) is 2.88. The summed E-state index contributed by atoms with van der Waals surface area (Å²) < 4.78 is 2.71. The fourth-order valence-corrected chi connectivity index (χ4v) is 3.72. The van der Waals surface area contributed by atoms with Gasteiger partial charge in [-0.05, 0) is 53.2 Å². The number of aromatic nitrogens is 2. The van der Waals surface area contributed by atoms with Gasteiger partial charge in [-0.1, -0.05) is 0 Å². The maximum atomic E-state index is 12.9. The number of carbonyl (C=O) groups excluding carboxylic acids is 1. The standard InChI is InChI=1S/C17H20BrN3O3/c1-20-14(8-12-7-13(18)9-19-16(12)20)17(24)21-6-2-3-11(10-21)4-5-15(22)23/h7-9,11H,2-6,10H2,1H3,(H,22,23).